The molecule has 106 valence electrons. The molecule has 1 unspecified atom stereocenters. The van der Waals surface area contributed by atoms with E-state index >= 15 is 0 Å². The second kappa shape index (κ2) is 6.99. The summed E-state index contributed by atoms with van der Waals surface area (Å²) in [4.78, 5) is 0. The lowest BCUT2D eigenvalue weighted by Gasteiger charge is -2.25. The zero-order valence-electron chi connectivity index (χ0n) is 11.6. The maximum Gasteiger partial charge on any atom is 0.129 e. The molecule has 2 rings (SSSR count). The van der Waals surface area contributed by atoms with Crippen molar-refractivity contribution in [2.45, 2.75) is 44.9 Å². The molecule has 1 aliphatic rings. The molecule has 0 aromatic heterocycles. The summed E-state index contributed by atoms with van der Waals surface area (Å²) < 4.78 is 27.0. The largest absolute Gasteiger partial charge is 0.316 e. The van der Waals surface area contributed by atoms with Gasteiger partial charge < -0.3 is 5.32 Å². The summed E-state index contributed by atoms with van der Waals surface area (Å²) in [6, 6.07) is 4.01. The topological polar surface area (TPSA) is 12.0 Å². The van der Waals surface area contributed by atoms with E-state index in [1.165, 1.54) is 18.9 Å². The van der Waals surface area contributed by atoms with Crippen molar-refractivity contribution in [1.82, 2.24) is 5.32 Å². The van der Waals surface area contributed by atoms with Crippen LogP contribution in [0.2, 0.25) is 0 Å². The van der Waals surface area contributed by atoms with Gasteiger partial charge in [-0.3, -0.25) is 0 Å². The highest BCUT2D eigenvalue weighted by atomic mass is 19.1. The number of rotatable bonds is 6. The quantitative estimate of drug-likeness (QED) is 0.760. The summed E-state index contributed by atoms with van der Waals surface area (Å²) in [5, 5.41) is 3.39. The molecule has 0 bridgehead atoms. The number of hydrogen-bond acceptors (Lipinski definition) is 1. The standard InChI is InChI=1S/C16H23F2N/c1-2-9-19-11-15(12-5-3-4-6-12)14-8-7-13(17)10-16(14)18/h7-8,10,12,15,19H,2-6,9,11H2,1H3. The van der Waals surface area contributed by atoms with E-state index in [0.29, 0.717) is 11.5 Å². The van der Waals surface area contributed by atoms with Crippen LogP contribution in [0.3, 0.4) is 0 Å². The predicted molar refractivity (Wildman–Crippen MR) is 74.2 cm³/mol. The van der Waals surface area contributed by atoms with Crippen molar-refractivity contribution in [3.8, 4) is 0 Å². The zero-order valence-corrected chi connectivity index (χ0v) is 11.6. The van der Waals surface area contributed by atoms with E-state index in [2.05, 4.69) is 12.2 Å². The van der Waals surface area contributed by atoms with Gasteiger partial charge in [-0.15, -0.1) is 0 Å². The minimum Gasteiger partial charge on any atom is -0.316 e. The Bertz CT molecular complexity index is 400. The van der Waals surface area contributed by atoms with Gasteiger partial charge in [0.25, 0.3) is 0 Å². The van der Waals surface area contributed by atoms with Crippen LogP contribution in [0, 0.1) is 17.6 Å². The third-order valence-corrected chi connectivity index (χ3v) is 4.12. The van der Waals surface area contributed by atoms with Crippen LogP contribution in [-0.2, 0) is 0 Å². The van der Waals surface area contributed by atoms with Gasteiger partial charge in [-0.05, 0) is 43.4 Å². The lowest BCUT2D eigenvalue weighted by Crippen LogP contribution is -2.27. The van der Waals surface area contributed by atoms with Crippen LogP contribution in [0.25, 0.3) is 0 Å². The first-order chi connectivity index (χ1) is 9.22. The van der Waals surface area contributed by atoms with Gasteiger partial charge in [0.05, 0.1) is 0 Å². The first kappa shape index (κ1) is 14.4. The maximum absolute atomic E-state index is 14.0. The van der Waals surface area contributed by atoms with Gasteiger partial charge in [-0.1, -0.05) is 25.8 Å². The summed E-state index contributed by atoms with van der Waals surface area (Å²) in [7, 11) is 0. The highest BCUT2D eigenvalue weighted by molar-refractivity contribution is 5.24. The molecule has 0 spiro atoms. The van der Waals surface area contributed by atoms with Crippen molar-refractivity contribution >= 4 is 0 Å². The summed E-state index contributed by atoms with van der Waals surface area (Å²) in [6.45, 7) is 3.86. The van der Waals surface area contributed by atoms with Crippen molar-refractivity contribution < 1.29 is 8.78 Å². The lowest BCUT2D eigenvalue weighted by atomic mass is 9.84. The average molecular weight is 267 g/mol. The molecule has 0 saturated heterocycles. The highest BCUT2D eigenvalue weighted by Gasteiger charge is 2.28. The minimum atomic E-state index is -0.493. The Morgan fingerprint density at radius 1 is 1.26 bits per heavy atom. The smallest absolute Gasteiger partial charge is 0.129 e. The normalized spacial score (nSPS) is 17.8. The number of hydrogen-bond donors (Lipinski definition) is 1. The van der Waals surface area contributed by atoms with E-state index in [1.807, 2.05) is 0 Å². The van der Waals surface area contributed by atoms with Gasteiger partial charge in [0.2, 0.25) is 0 Å². The Morgan fingerprint density at radius 2 is 2.00 bits per heavy atom. The van der Waals surface area contributed by atoms with Crippen LogP contribution in [0.4, 0.5) is 8.78 Å². The first-order valence-corrected chi connectivity index (χ1v) is 7.38. The molecule has 19 heavy (non-hydrogen) atoms. The number of nitrogens with one attached hydrogen (secondary N) is 1. The molecule has 1 aliphatic carbocycles. The van der Waals surface area contributed by atoms with Crippen molar-refractivity contribution in [2.75, 3.05) is 13.1 Å². The van der Waals surface area contributed by atoms with E-state index in [9.17, 15) is 8.78 Å². The molecule has 1 atom stereocenters. The van der Waals surface area contributed by atoms with Gasteiger partial charge in [-0.2, -0.15) is 0 Å². The van der Waals surface area contributed by atoms with E-state index < -0.39 is 11.6 Å². The Morgan fingerprint density at radius 3 is 2.63 bits per heavy atom. The van der Waals surface area contributed by atoms with Gasteiger partial charge in [0.15, 0.2) is 0 Å². The fraction of sp³-hybridized carbons (Fsp3) is 0.625. The van der Waals surface area contributed by atoms with Crippen molar-refractivity contribution in [3.05, 3.63) is 35.4 Å². The average Bonchev–Trinajstić information content (AvgIpc) is 2.89. The molecule has 1 fully saturated rings. The van der Waals surface area contributed by atoms with Crippen molar-refractivity contribution in [3.63, 3.8) is 0 Å². The molecule has 0 amide bonds. The SMILES string of the molecule is CCCNCC(c1ccc(F)cc1F)C1CCCC1. The number of halogens is 2. The molecule has 0 aliphatic heterocycles. The minimum absolute atomic E-state index is 0.176. The molecule has 1 saturated carbocycles. The monoisotopic (exact) mass is 267 g/mol. The van der Waals surface area contributed by atoms with Gasteiger partial charge in [0.1, 0.15) is 11.6 Å². The zero-order chi connectivity index (χ0) is 13.7. The van der Waals surface area contributed by atoms with E-state index in [-0.39, 0.29) is 5.92 Å². The summed E-state index contributed by atoms with van der Waals surface area (Å²) in [5.74, 6) is -0.179. The van der Waals surface area contributed by atoms with Crippen LogP contribution in [0.5, 0.6) is 0 Å². The van der Waals surface area contributed by atoms with Gasteiger partial charge >= 0.3 is 0 Å². The molecule has 1 nitrogen and oxygen atoms in total. The molecule has 1 N–H and O–H groups in total. The summed E-state index contributed by atoms with van der Waals surface area (Å²) >= 11 is 0. The van der Waals surface area contributed by atoms with Crippen LogP contribution in [-0.4, -0.2) is 13.1 Å². The van der Waals surface area contributed by atoms with Crippen molar-refractivity contribution in [1.29, 1.82) is 0 Å². The Labute approximate surface area is 114 Å². The van der Waals surface area contributed by atoms with Crippen LogP contribution in [0.15, 0.2) is 18.2 Å². The second-order valence-corrected chi connectivity index (χ2v) is 5.52. The first-order valence-electron chi connectivity index (χ1n) is 7.38. The molecule has 0 radical (unpaired) electrons. The Kier molecular flexibility index (Phi) is 5.32. The highest BCUT2D eigenvalue weighted by Crippen LogP contribution is 2.38. The summed E-state index contributed by atoms with van der Waals surface area (Å²) in [5.41, 5.74) is 0.678. The van der Waals surface area contributed by atoms with Crippen molar-refractivity contribution in [2.24, 2.45) is 5.92 Å². The van der Waals surface area contributed by atoms with Crippen LogP contribution >= 0.6 is 0 Å². The summed E-state index contributed by atoms with van der Waals surface area (Å²) in [6.07, 6.45) is 5.86. The Hall–Kier alpha value is -0.960. The predicted octanol–water partition coefficient (Wildman–Crippen LogP) is 4.24. The molecule has 1 aromatic rings. The van der Waals surface area contributed by atoms with E-state index in [4.69, 9.17) is 0 Å². The number of benzene rings is 1. The maximum atomic E-state index is 14.0. The lowest BCUT2D eigenvalue weighted by molar-refractivity contribution is 0.397. The molecule has 3 heteroatoms. The Balaban J connectivity index is 2.14. The third kappa shape index (κ3) is 3.75. The second-order valence-electron chi connectivity index (χ2n) is 5.52. The molecular formula is C16H23F2N. The van der Waals surface area contributed by atoms with Gasteiger partial charge in [0, 0.05) is 18.5 Å². The fourth-order valence-corrected chi connectivity index (χ4v) is 3.13. The van der Waals surface area contributed by atoms with E-state index in [0.717, 1.165) is 38.4 Å². The van der Waals surface area contributed by atoms with Crippen LogP contribution in [0.1, 0.15) is 50.5 Å². The molecule has 1 aromatic carbocycles. The molecular weight excluding hydrogens is 244 g/mol. The van der Waals surface area contributed by atoms with Crippen LogP contribution < -0.4 is 5.32 Å². The van der Waals surface area contributed by atoms with E-state index in [1.54, 1.807) is 6.07 Å². The third-order valence-electron chi connectivity index (χ3n) is 4.12. The molecule has 0 heterocycles. The van der Waals surface area contributed by atoms with Gasteiger partial charge in [-0.25, -0.2) is 8.78 Å². The fourth-order valence-electron chi connectivity index (χ4n) is 3.13.